The second kappa shape index (κ2) is 6.66. The molecule has 1 aliphatic heterocycles. The third-order valence-electron chi connectivity index (χ3n) is 5.08. The second-order valence-corrected chi connectivity index (χ2v) is 8.08. The lowest BCUT2D eigenvalue weighted by Crippen LogP contribution is -2.51. The lowest BCUT2D eigenvalue weighted by molar-refractivity contribution is -0.134. The molecule has 0 radical (unpaired) electrons. The smallest absolute Gasteiger partial charge is 0.222 e. The van der Waals surface area contributed by atoms with Gasteiger partial charge in [0.15, 0.2) is 0 Å². The minimum absolute atomic E-state index is 0.0767. The molecule has 2 rings (SSSR count). The van der Waals surface area contributed by atoms with Crippen molar-refractivity contribution < 1.29 is 9.90 Å². The molecule has 0 spiro atoms. The molecule has 0 unspecified atom stereocenters. The van der Waals surface area contributed by atoms with Gasteiger partial charge >= 0.3 is 0 Å². The van der Waals surface area contributed by atoms with Crippen LogP contribution in [-0.4, -0.2) is 59.6 Å². The molecule has 1 aliphatic carbocycles. The van der Waals surface area contributed by atoms with Crippen LogP contribution in [0.2, 0.25) is 0 Å². The maximum atomic E-state index is 12.3. The van der Waals surface area contributed by atoms with E-state index in [1.165, 1.54) is 12.8 Å². The van der Waals surface area contributed by atoms with Gasteiger partial charge in [-0.15, -0.1) is 0 Å². The molecule has 2 atom stereocenters. The monoisotopic (exact) mass is 296 g/mol. The normalized spacial score (nSPS) is 24.0. The molecule has 2 fully saturated rings. The van der Waals surface area contributed by atoms with E-state index in [0.717, 1.165) is 38.5 Å². The first-order valence-electron chi connectivity index (χ1n) is 8.45. The highest BCUT2D eigenvalue weighted by atomic mass is 16.3. The lowest BCUT2D eigenvalue weighted by atomic mass is 9.89. The Morgan fingerprint density at radius 1 is 1.19 bits per heavy atom. The SMILES string of the molecule is C[C@H](CC(=O)N1CCN(C[C@@H](O)C(C)(C)C)CC1)C1CC1. The molecule has 1 N–H and O–H groups in total. The van der Waals surface area contributed by atoms with Gasteiger partial charge in [-0.2, -0.15) is 0 Å². The van der Waals surface area contributed by atoms with Gasteiger partial charge in [-0.1, -0.05) is 27.7 Å². The second-order valence-electron chi connectivity index (χ2n) is 8.08. The number of aliphatic hydroxyl groups excluding tert-OH is 1. The Labute approximate surface area is 129 Å². The van der Waals surface area contributed by atoms with E-state index in [1.807, 2.05) is 4.90 Å². The van der Waals surface area contributed by atoms with Crippen LogP contribution < -0.4 is 0 Å². The molecular formula is C17H32N2O2. The predicted molar refractivity (Wildman–Crippen MR) is 85.0 cm³/mol. The van der Waals surface area contributed by atoms with Crippen LogP contribution in [0.25, 0.3) is 0 Å². The first kappa shape index (κ1) is 16.8. The van der Waals surface area contributed by atoms with E-state index in [2.05, 4.69) is 32.6 Å². The molecular weight excluding hydrogens is 264 g/mol. The molecule has 2 aliphatic rings. The lowest BCUT2D eigenvalue weighted by Gasteiger charge is -2.38. The van der Waals surface area contributed by atoms with Crippen molar-refractivity contribution in [2.75, 3.05) is 32.7 Å². The van der Waals surface area contributed by atoms with E-state index >= 15 is 0 Å². The van der Waals surface area contributed by atoms with Gasteiger partial charge in [0.2, 0.25) is 5.91 Å². The number of hydrogen-bond acceptors (Lipinski definition) is 3. The highest BCUT2D eigenvalue weighted by Crippen LogP contribution is 2.38. The number of carbonyl (C=O) groups is 1. The van der Waals surface area contributed by atoms with Crippen molar-refractivity contribution >= 4 is 5.91 Å². The minimum Gasteiger partial charge on any atom is -0.391 e. The van der Waals surface area contributed by atoms with Crippen LogP contribution in [0.15, 0.2) is 0 Å². The summed E-state index contributed by atoms with van der Waals surface area (Å²) in [6.45, 7) is 12.5. The summed E-state index contributed by atoms with van der Waals surface area (Å²) < 4.78 is 0. The molecule has 122 valence electrons. The molecule has 21 heavy (non-hydrogen) atoms. The Morgan fingerprint density at radius 2 is 1.76 bits per heavy atom. The fraction of sp³-hybridized carbons (Fsp3) is 0.941. The molecule has 4 nitrogen and oxygen atoms in total. The summed E-state index contributed by atoms with van der Waals surface area (Å²) in [5, 5.41) is 10.2. The van der Waals surface area contributed by atoms with Gasteiger partial charge in [0, 0.05) is 39.1 Å². The standard InChI is InChI=1S/C17H32N2O2/c1-13(14-5-6-14)11-16(21)19-9-7-18(8-10-19)12-15(20)17(2,3)4/h13-15,20H,5-12H2,1-4H3/t13-,15-/m1/s1. The van der Waals surface area contributed by atoms with Gasteiger partial charge in [-0.05, 0) is 30.1 Å². The van der Waals surface area contributed by atoms with Gasteiger partial charge < -0.3 is 10.0 Å². The van der Waals surface area contributed by atoms with E-state index in [-0.39, 0.29) is 11.5 Å². The zero-order chi connectivity index (χ0) is 15.6. The number of piperazine rings is 1. The van der Waals surface area contributed by atoms with Crippen LogP contribution in [0.3, 0.4) is 0 Å². The number of nitrogens with zero attached hydrogens (tertiary/aromatic N) is 2. The van der Waals surface area contributed by atoms with E-state index in [1.54, 1.807) is 0 Å². The quantitative estimate of drug-likeness (QED) is 0.843. The molecule has 1 saturated heterocycles. The van der Waals surface area contributed by atoms with Crippen molar-refractivity contribution in [1.29, 1.82) is 0 Å². The average molecular weight is 296 g/mol. The summed E-state index contributed by atoms with van der Waals surface area (Å²) in [6, 6.07) is 0. The number of hydrogen-bond donors (Lipinski definition) is 1. The molecule has 1 heterocycles. The van der Waals surface area contributed by atoms with Gasteiger partial charge in [0.1, 0.15) is 0 Å². The molecule has 4 heteroatoms. The van der Waals surface area contributed by atoms with Gasteiger partial charge in [-0.3, -0.25) is 9.69 Å². The van der Waals surface area contributed by atoms with E-state index in [0.29, 0.717) is 18.4 Å². The summed E-state index contributed by atoms with van der Waals surface area (Å²) in [5.74, 6) is 1.68. The van der Waals surface area contributed by atoms with Crippen molar-refractivity contribution in [2.24, 2.45) is 17.3 Å². The molecule has 0 aromatic heterocycles. The third-order valence-corrected chi connectivity index (χ3v) is 5.08. The number of aliphatic hydroxyl groups is 1. The van der Waals surface area contributed by atoms with E-state index < -0.39 is 0 Å². The Balaban J connectivity index is 1.71. The minimum atomic E-state index is -0.311. The Hall–Kier alpha value is -0.610. The highest BCUT2D eigenvalue weighted by molar-refractivity contribution is 5.76. The van der Waals surface area contributed by atoms with Gasteiger partial charge in [0.05, 0.1) is 6.10 Å². The Kier molecular flexibility index (Phi) is 5.31. The number of β-amino-alcohol motifs (C(OH)–C–C–N with tert-alkyl or cyclic N) is 1. The van der Waals surface area contributed by atoms with Crippen molar-refractivity contribution in [1.82, 2.24) is 9.80 Å². The average Bonchev–Trinajstić information content (AvgIpc) is 3.22. The van der Waals surface area contributed by atoms with Crippen molar-refractivity contribution in [3.8, 4) is 0 Å². The largest absolute Gasteiger partial charge is 0.391 e. The van der Waals surface area contributed by atoms with Crippen LogP contribution in [0.4, 0.5) is 0 Å². The van der Waals surface area contributed by atoms with E-state index in [4.69, 9.17) is 0 Å². The van der Waals surface area contributed by atoms with Crippen molar-refractivity contribution in [2.45, 2.75) is 53.1 Å². The Morgan fingerprint density at radius 3 is 2.24 bits per heavy atom. The summed E-state index contributed by atoms with van der Waals surface area (Å²) in [7, 11) is 0. The van der Waals surface area contributed by atoms with E-state index in [9.17, 15) is 9.90 Å². The fourth-order valence-corrected chi connectivity index (χ4v) is 2.93. The molecule has 1 amide bonds. The summed E-state index contributed by atoms with van der Waals surface area (Å²) in [6.07, 6.45) is 3.03. The zero-order valence-electron chi connectivity index (χ0n) is 14.1. The van der Waals surface area contributed by atoms with Crippen LogP contribution in [-0.2, 0) is 4.79 Å². The predicted octanol–water partition coefficient (Wildman–Crippen LogP) is 1.97. The maximum Gasteiger partial charge on any atom is 0.222 e. The number of carbonyl (C=O) groups excluding carboxylic acids is 1. The summed E-state index contributed by atoms with van der Waals surface area (Å²) in [5.41, 5.74) is -0.0767. The van der Waals surface area contributed by atoms with Crippen LogP contribution in [0.5, 0.6) is 0 Å². The fourth-order valence-electron chi connectivity index (χ4n) is 2.93. The van der Waals surface area contributed by atoms with Gasteiger partial charge in [0.25, 0.3) is 0 Å². The zero-order valence-corrected chi connectivity index (χ0v) is 14.1. The summed E-state index contributed by atoms with van der Waals surface area (Å²) in [4.78, 5) is 16.6. The molecule has 0 aromatic carbocycles. The topological polar surface area (TPSA) is 43.8 Å². The number of amides is 1. The van der Waals surface area contributed by atoms with Crippen molar-refractivity contribution in [3.05, 3.63) is 0 Å². The molecule has 1 saturated carbocycles. The van der Waals surface area contributed by atoms with Crippen LogP contribution >= 0.6 is 0 Å². The Bertz CT molecular complexity index is 352. The molecule has 0 bridgehead atoms. The summed E-state index contributed by atoms with van der Waals surface area (Å²) >= 11 is 0. The van der Waals surface area contributed by atoms with Crippen LogP contribution in [0.1, 0.15) is 47.0 Å². The third kappa shape index (κ3) is 4.96. The van der Waals surface area contributed by atoms with Crippen molar-refractivity contribution in [3.63, 3.8) is 0 Å². The highest BCUT2D eigenvalue weighted by Gasteiger charge is 2.32. The molecule has 0 aromatic rings. The first-order chi connectivity index (χ1) is 9.77. The van der Waals surface area contributed by atoms with Gasteiger partial charge in [-0.25, -0.2) is 0 Å². The first-order valence-corrected chi connectivity index (χ1v) is 8.45. The number of rotatable bonds is 5. The maximum absolute atomic E-state index is 12.3. The van der Waals surface area contributed by atoms with Crippen LogP contribution in [0, 0.1) is 17.3 Å².